The van der Waals surface area contributed by atoms with Gasteiger partial charge in [0.2, 0.25) is 10.9 Å². The second-order valence-corrected chi connectivity index (χ2v) is 4.72. The van der Waals surface area contributed by atoms with Gasteiger partial charge in [0, 0.05) is 7.11 Å². The first kappa shape index (κ1) is 13.6. The summed E-state index contributed by atoms with van der Waals surface area (Å²) in [6.07, 6.45) is -4.61. The number of sulfonamides is 1. The number of alkyl halides is 3. The van der Waals surface area contributed by atoms with E-state index < -0.39 is 32.5 Å². The molecule has 0 amide bonds. The van der Waals surface area contributed by atoms with Gasteiger partial charge in [-0.1, -0.05) is 0 Å². The van der Waals surface area contributed by atoms with Crippen LogP contribution in [0.25, 0.3) is 0 Å². The summed E-state index contributed by atoms with van der Waals surface area (Å²) >= 11 is 0. The molecule has 0 spiro atoms. The van der Waals surface area contributed by atoms with Crippen molar-refractivity contribution in [3.8, 4) is 0 Å². The molecule has 0 aliphatic rings. The monoisotopic (exact) mass is 257 g/mol. The number of hydrogen-bond acceptors (Lipinski definition) is 5. The highest BCUT2D eigenvalue weighted by atomic mass is 32.3. The highest BCUT2D eigenvalue weighted by Crippen LogP contribution is 2.25. The summed E-state index contributed by atoms with van der Waals surface area (Å²) in [6.45, 7) is 0. The van der Waals surface area contributed by atoms with E-state index in [9.17, 15) is 30.0 Å². The molecule has 0 aromatic carbocycles. The zero-order chi connectivity index (χ0) is 11.6. The van der Waals surface area contributed by atoms with E-state index in [1.165, 1.54) is 0 Å². The second-order valence-electron chi connectivity index (χ2n) is 1.98. The largest absolute Gasteiger partial charge is 0.402 e. The van der Waals surface area contributed by atoms with Crippen molar-refractivity contribution < 1.29 is 34.7 Å². The van der Waals surface area contributed by atoms with Gasteiger partial charge in [0.25, 0.3) is 10.0 Å². The molecule has 0 aromatic heterocycles. The Labute approximate surface area is 79.2 Å². The molecule has 0 aliphatic carbocycles. The van der Waals surface area contributed by atoms with Gasteiger partial charge in [-0.15, -0.1) is 4.13 Å². The van der Waals surface area contributed by atoms with Crippen LogP contribution in [0, 0.1) is 0 Å². The topological polar surface area (TPSA) is 89.5 Å². The lowest BCUT2D eigenvalue weighted by Gasteiger charge is -2.17. The minimum atomic E-state index is -5.32. The molecule has 11 heteroatoms. The number of halogens is 3. The van der Waals surface area contributed by atoms with Crippen LogP contribution < -0.4 is 4.13 Å². The first-order chi connectivity index (χ1) is 6.13. The molecule has 14 heavy (non-hydrogen) atoms. The van der Waals surface area contributed by atoms with Gasteiger partial charge in [-0.3, -0.25) is 0 Å². The van der Waals surface area contributed by atoms with Crippen LogP contribution in [0.1, 0.15) is 0 Å². The third-order valence-electron chi connectivity index (χ3n) is 1.01. The molecular formula is C3H6F3NO5S2. The minimum absolute atomic E-state index is 0.374. The molecular weight excluding hydrogens is 251 g/mol. The second kappa shape index (κ2) is 4.42. The van der Waals surface area contributed by atoms with Crippen molar-refractivity contribution in [1.82, 2.24) is 4.13 Å². The van der Waals surface area contributed by atoms with E-state index >= 15 is 0 Å². The smallest absolute Gasteiger partial charge is 0.321 e. The fraction of sp³-hybridized carbons (Fsp3) is 1.00. The Bertz CT molecular complexity index is 354. The Hall–Kier alpha value is -0.390. The van der Waals surface area contributed by atoms with Crippen LogP contribution in [0.15, 0.2) is 0 Å². The molecule has 0 rings (SSSR count). The van der Waals surface area contributed by atoms with E-state index in [2.05, 4.69) is 4.74 Å². The van der Waals surface area contributed by atoms with Crippen molar-refractivity contribution in [3.63, 3.8) is 0 Å². The number of thiol groups is 1. The third kappa shape index (κ3) is 3.40. The van der Waals surface area contributed by atoms with E-state index in [4.69, 9.17) is 0 Å². The van der Waals surface area contributed by atoms with Crippen LogP contribution in [0.5, 0.6) is 0 Å². The van der Waals surface area contributed by atoms with Crippen LogP contribution in [0.2, 0.25) is 0 Å². The van der Waals surface area contributed by atoms with Gasteiger partial charge in [-0.25, -0.2) is 21.2 Å². The summed E-state index contributed by atoms with van der Waals surface area (Å²) < 4.78 is 81.7. The van der Waals surface area contributed by atoms with Crippen LogP contribution in [-0.2, 0) is 25.7 Å². The first-order valence-corrected chi connectivity index (χ1v) is 5.58. The quantitative estimate of drug-likeness (QED) is 0.614. The summed E-state index contributed by atoms with van der Waals surface area (Å²) in [6, 6.07) is 0. The highest BCUT2D eigenvalue weighted by molar-refractivity contribution is 7.98. The maximum Gasteiger partial charge on any atom is 0.402 e. The summed E-state index contributed by atoms with van der Waals surface area (Å²) in [5, 5.41) is 0. The maximum absolute atomic E-state index is 12.5. The lowest BCUT2D eigenvalue weighted by atomic mass is 10.7. The summed E-state index contributed by atoms with van der Waals surface area (Å²) in [5.74, 6) is 0. The van der Waals surface area contributed by atoms with Crippen LogP contribution in [0.4, 0.5) is 13.2 Å². The SMILES string of the molecule is COC(F)(F)C(F)S(=O)(=O)N[SH](=O)=O. The summed E-state index contributed by atoms with van der Waals surface area (Å²) in [4.78, 5) is 0. The van der Waals surface area contributed by atoms with Gasteiger partial charge in [-0.05, 0) is 0 Å². The first-order valence-electron chi connectivity index (χ1n) is 2.86. The van der Waals surface area contributed by atoms with Gasteiger partial charge in [0.05, 0.1) is 0 Å². The molecule has 1 atom stereocenters. The molecule has 0 radical (unpaired) electrons. The fourth-order valence-corrected chi connectivity index (χ4v) is 2.08. The number of nitrogens with one attached hydrogen (secondary N) is 1. The Balaban J connectivity index is 4.94. The molecule has 0 bridgehead atoms. The van der Waals surface area contributed by atoms with E-state index in [-0.39, 0.29) is 0 Å². The average Bonchev–Trinajstić information content (AvgIpc) is 2.00. The molecule has 0 saturated heterocycles. The number of ether oxygens (including phenoxy) is 1. The van der Waals surface area contributed by atoms with Gasteiger partial charge in [0.1, 0.15) is 0 Å². The molecule has 1 unspecified atom stereocenters. The summed E-state index contributed by atoms with van der Waals surface area (Å²) in [7, 11) is -8.68. The molecule has 0 heterocycles. The molecule has 0 aromatic rings. The zero-order valence-corrected chi connectivity index (χ0v) is 8.32. The maximum atomic E-state index is 12.5. The standard InChI is InChI=1S/C3H6F3NO5S2/c1-12-3(5,6)2(4)14(10,11)7-13(8)9/h2,13H,1H3,(H,7,8,9). The Morgan fingerprint density at radius 1 is 1.43 bits per heavy atom. The fourth-order valence-electron chi connectivity index (χ4n) is 0.423. The van der Waals surface area contributed by atoms with E-state index in [1.807, 2.05) is 0 Å². The van der Waals surface area contributed by atoms with E-state index in [0.29, 0.717) is 11.2 Å². The highest BCUT2D eigenvalue weighted by Gasteiger charge is 2.50. The predicted molar refractivity (Wildman–Crippen MR) is 39.2 cm³/mol. The average molecular weight is 257 g/mol. The van der Waals surface area contributed by atoms with Crippen molar-refractivity contribution in [3.05, 3.63) is 0 Å². The molecule has 0 aliphatic heterocycles. The molecule has 86 valence electrons. The molecule has 0 fully saturated rings. The van der Waals surface area contributed by atoms with Crippen LogP contribution >= 0.6 is 0 Å². The molecule has 0 saturated carbocycles. The van der Waals surface area contributed by atoms with Crippen molar-refractivity contribution in [1.29, 1.82) is 0 Å². The lowest BCUT2D eigenvalue weighted by molar-refractivity contribution is -0.240. The van der Waals surface area contributed by atoms with Gasteiger partial charge >= 0.3 is 11.6 Å². The van der Waals surface area contributed by atoms with Crippen molar-refractivity contribution >= 4 is 20.9 Å². The number of rotatable bonds is 5. The van der Waals surface area contributed by atoms with Crippen molar-refractivity contribution in [2.75, 3.05) is 7.11 Å². The number of methoxy groups -OCH3 is 1. The van der Waals surface area contributed by atoms with Crippen LogP contribution in [-0.4, -0.2) is 35.6 Å². The van der Waals surface area contributed by atoms with Gasteiger partial charge < -0.3 is 4.74 Å². The number of hydrogen-bond donors (Lipinski definition) is 2. The van der Waals surface area contributed by atoms with Crippen molar-refractivity contribution in [2.45, 2.75) is 11.6 Å². The van der Waals surface area contributed by atoms with E-state index in [1.54, 1.807) is 0 Å². The van der Waals surface area contributed by atoms with Gasteiger partial charge in [-0.2, -0.15) is 8.78 Å². The van der Waals surface area contributed by atoms with Crippen LogP contribution in [0.3, 0.4) is 0 Å². The predicted octanol–water partition coefficient (Wildman–Crippen LogP) is -1.03. The Kier molecular flexibility index (Phi) is 4.30. The summed E-state index contributed by atoms with van der Waals surface area (Å²) in [5.41, 5.74) is -3.80. The Morgan fingerprint density at radius 3 is 2.14 bits per heavy atom. The van der Waals surface area contributed by atoms with Crippen molar-refractivity contribution in [2.24, 2.45) is 0 Å². The Morgan fingerprint density at radius 2 is 1.86 bits per heavy atom. The van der Waals surface area contributed by atoms with Gasteiger partial charge in [0.15, 0.2) is 0 Å². The third-order valence-corrected chi connectivity index (χ3v) is 3.44. The molecule has 1 N–H and O–H groups in total. The lowest BCUT2D eigenvalue weighted by Crippen LogP contribution is -2.43. The molecule has 6 nitrogen and oxygen atoms in total. The zero-order valence-electron chi connectivity index (χ0n) is 6.61. The van der Waals surface area contributed by atoms with E-state index in [0.717, 1.165) is 0 Å². The minimum Gasteiger partial charge on any atom is -0.321 e. The normalized spacial score (nSPS) is 15.8.